The molecule has 1 saturated carbocycles. The Bertz CT molecular complexity index is 160. The Kier molecular flexibility index (Phi) is 3.34. The van der Waals surface area contributed by atoms with Gasteiger partial charge in [-0.15, -0.1) is 0 Å². The quantitative estimate of drug-likeness (QED) is 0.639. The molecule has 1 fully saturated rings. The van der Waals surface area contributed by atoms with Crippen LogP contribution in [0.1, 0.15) is 19.3 Å². The summed E-state index contributed by atoms with van der Waals surface area (Å²) < 4.78 is 4.47. The molecule has 0 aromatic heterocycles. The molecule has 0 aromatic rings. The highest BCUT2D eigenvalue weighted by molar-refractivity contribution is 5.67. The Morgan fingerprint density at radius 1 is 1.67 bits per heavy atom. The largest absolute Gasteiger partial charge is 0.453 e. The molecule has 2 N–H and O–H groups in total. The Hall–Kier alpha value is -0.770. The van der Waals surface area contributed by atoms with Gasteiger partial charge in [0.25, 0.3) is 0 Å². The van der Waals surface area contributed by atoms with Crippen molar-refractivity contribution < 1.29 is 14.6 Å². The van der Waals surface area contributed by atoms with E-state index in [1.165, 1.54) is 7.11 Å². The van der Waals surface area contributed by atoms with Crippen LogP contribution in [0.25, 0.3) is 0 Å². The second kappa shape index (κ2) is 4.30. The average molecular weight is 173 g/mol. The number of rotatable bonds is 2. The molecule has 1 rings (SSSR count). The lowest BCUT2D eigenvalue weighted by atomic mass is 10.1. The van der Waals surface area contributed by atoms with Gasteiger partial charge in [0.15, 0.2) is 0 Å². The maximum Gasteiger partial charge on any atom is 0.407 e. The van der Waals surface area contributed by atoms with Crippen molar-refractivity contribution in [3.05, 3.63) is 0 Å². The fourth-order valence-electron chi connectivity index (χ4n) is 1.66. The second-order valence-corrected chi connectivity index (χ2v) is 3.12. The average Bonchev–Trinajstić information content (AvgIpc) is 2.51. The molecule has 0 spiro atoms. The predicted octanol–water partition coefficient (Wildman–Crippen LogP) is 0.503. The monoisotopic (exact) mass is 173 g/mol. The van der Waals surface area contributed by atoms with Gasteiger partial charge < -0.3 is 15.2 Å². The second-order valence-electron chi connectivity index (χ2n) is 3.12. The highest BCUT2D eigenvalue weighted by Gasteiger charge is 2.27. The molecule has 0 radical (unpaired) electrons. The molecule has 1 amide bonds. The van der Waals surface area contributed by atoms with Gasteiger partial charge >= 0.3 is 6.09 Å². The maximum absolute atomic E-state index is 10.8. The summed E-state index contributed by atoms with van der Waals surface area (Å²) in [6, 6.07) is 0.0995. The Balaban J connectivity index is 2.35. The van der Waals surface area contributed by atoms with Crippen molar-refractivity contribution in [1.82, 2.24) is 5.32 Å². The molecule has 4 heteroatoms. The van der Waals surface area contributed by atoms with E-state index >= 15 is 0 Å². The lowest BCUT2D eigenvalue weighted by Crippen LogP contribution is -2.38. The standard InChI is InChI=1S/C8H15NO3/c1-12-8(11)9-7-4-2-3-6(7)5-10/h6-7,10H,2-5H2,1H3,(H,9,11)/t6-,7-/m1/s1. The van der Waals surface area contributed by atoms with Crippen LogP contribution in [0.3, 0.4) is 0 Å². The number of methoxy groups -OCH3 is 1. The summed E-state index contributed by atoms with van der Waals surface area (Å²) in [5.41, 5.74) is 0. The van der Waals surface area contributed by atoms with Crippen LogP contribution in [-0.4, -0.2) is 31.0 Å². The highest BCUT2D eigenvalue weighted by Crippen LogP contribution is 2.24. The number of ether oxygens (including phenoxy) is 1. The molecule has 0 saturated heterocycles. The number of aliphatic hydroxyl groups excluding tert-OH is 1. The molecular formula is C8H15NO3. The Morgan fingerprint density at radius 3 is 3.00 bits per heavy atom. The molecule has 1 aliphatic carbocycles. The summed E-state index contributed by atoms with van der Waals surface area (Å²) in [6.45, 7) is 0.147. The van der Waals surface area contributed by atoms with Crippen molar-refractivity contribution in [3.63, 3.8) is 0 Å². The summed E-state index contributed by atoms with van der Waals surface area (Å²) in [6.07, 6.45) is 2.60. The van der Waals surface area contributed by atoms with Gasteiger partial charge in [0.1, 0.15) is 0 Å². The fraction of sp³-hybridized carbons (Fsp3) is 0.875. The van der Waals surface area contributed by atoms with Crippen LogP contribution in [0.2, 0.25) is 0 Å². The van der Waals surface area contributed by atoms with E-state index in [0.29, 0.717) is 0 Å². The predicted molar refractivity (Wildman–Crippen MR) is 43.8 cm³/mol. The van der Waals surface area contributed by atoms with E-state index in [1.807, 2.05) is 0 Å². The molecule has 4 nitrogen and oxygen atoms in total. The number of nitrogens with one attached hydrogen (secondary N) is 1. The number of hydrogen-bond donors (Lipinski definition) is 2. The minimum Gasteiger partial charge on any atom is -0.453 e. The first-order valence-corrected chi connectivity index (χ1v) is 4.23. The molecule has 2 atom stereocenters. The minimum atomic E-state index is -0.402. The summed E-state index contributed by atoms with van der Waals surface area (Å²) >= 11 is 0. The molecule has 0 heterocycles. The number of aliphatic hydroxyl groups is 1. The van der Waals surface area contributed by atoms with Crippen LogP contribution in [0.15, 0.2) is 0 Å². The fourth-order valence-corrected chi connectivity index (χ4v) is 1.66. The first-order valence-electron chi connectivity index (χ1n) is 4.23. The van der Waals surface area contributed by atoms with Gasteiger partial charge in [-0.25, -0.2) is 4.79 Å². The number of carbonyl (C=O) groups excluding carboxylic acids is 1. The summed E-state index contributed by atoms with van der Waals surface area (Å²) in [7, 11) is 1.35. The molecule has 0 aliphatic heterocycles. The summed E-state index contributed by atoms with van der Waals surface area (Å²) in [5, 5.41) is 11.6. The minimum absolute atomic E-state index is 0.0995. The zero-order valence-electron chi connectivity index (χ0n) is 7.25. The van der Waals surface area contributed by atoms with Crippen LogP contribution < -0.4 is 5.32 Å². The molecular weight excluding hydrogens is 158 g/mol. The van der Waals surface area contributed by atoms with Crippen molar-refractivity contribution in [1.29, 1.82) is 0 Å². The molecule has 0 unspecified atom stereocenters. The third-order valence-electron chi connectivity index (χ3n) is 2.38. The van der Waals surface area contributed by atoms with Crippen LogP contribution >= 0.6 is 0 Å². The van der Waals surface area contributed by atoms with Crippen molar-refractivity contribution in [2.45, 2.75) is 25.3 Å². The van der Waals surface area contributed by atoms with E-state index in [2.05, 4.69) is 10.1 Å². The number of amides is 1. The molecule has 1 aliphatic rings. The Labute approximate surface area is 71.9 Å². The van der Waals surface area contributed by atoms with E-state index in [4.69, 9.17) is 5.11 Å². The lowest BCUT2D eigenvalue weighted by Gasteiger charge is -2.17. The maximum atomic E-state index is 10.8. The van der Waals surface area contributed by atoms with Gasteiger partial charge in [0.05, 0.1) is 7.11 Å². The van der Waals surface area contributed by atoms with Gasteiger partial charge in [-0.2, -0.15) is 0 Å². The van der Waals surface area contributed by atoms with E-state index in [1.54, 1.807) is 0 Å². The number of carbonyl (C=O) groups is 1. The van der Waals surface area contributed by atoms with Crippen molar-refractivity contribution >= 4 is 6.09 Å². The summed E-state index contributed by atoms with van der Waals surface area (Å²) in [5.74, 6) is 0.212. The van der Waals surface area contributed by atoms with Crippen LogP contribution in [-0.2, 0) is 4.74 Å². The Morgan fingerprint density at radius 2 is 2.42 bits per heavy atom. The molecule has 12 heavy (non-hydrogen) atoms. The van der Waals surface area contributed by atoms with Crippen molar-refractivity contribution in [2.24, 2.45) is 5.92 Å². The van der Waals surface area contributed by atoms with E-state index in [0.717, 1.165) is 19.3 Å². The van der Waals surface area contributed by atoms with Gasteiger partial charge in [0.2, 0.25) is 0 Å². The third-order valence-corrected chi connectivity index (χ3v) is 2.38. The van der Waals surface area contributed by atoms with Crippen LogP contribution in [0.5, 0.6) is 0 Å². The van der Waals surface area contributed by atoms with E-state index in [-0.39, 0.29) is 18.6 Å². The van der Waals surface area contributed by atoms with Gasteiger partial charge in [-0.1, -0.05) is 6.42 Å². The highest BCUT2D eigenvalue weighted by atomic mass is 16.5. The van der Waals surface area contributed by atoms with Crippen molar-refractivity contribution in [3.8, 4) is 0 Å². The zero-order valence-corrected chi connectivity index (χ0v) is 7.25. The smallest absolute Gasteiger partial charge is 0.407 e. The van der Waals surface area contributed by atoms with Gasteiger partial charge in [-0.3, -0.25) is 0 Å². The topological polar surface area (TPSA) is 58.6 Å². The normalized spacial score (nSPS) is 28.5. The molecule has 0 bridgehead atoms. The number of alkyl carbamates (subject to hydrolysis) is 1. The van der Waals surface area contributed by atoms with Crippen LogP contribution in [0.4, 0.5) is 4.79 Å². The van der Waals surface area contributed by atoms with Crippen molar-refractivity contribution in [2.75, 3.05) is 13.7 Å². The SMILES string of the molecule is COC(=O)N[C@@H]1CCC[C@@H]1CO. The van der Waals surface area contributed by atoms with Gasteiger partial charge in [-0.05, 0) is 12.8 Å². The van der Waals surface area contributed by atoms with Gasteiger partial charge in [0, 0.05) is 18.6 Å². The first-order chi connectivity index (χ1) is 5.77. The zero-order chi connectivity index (χ0) is 8.97. The van der Waals surface area contributed by atoms with E-state index < -0.39 is 6.09 Å². The number of hydrogen-bond acceptors (Lipinski definition) is 3. The summed E-state index contributed by atoms with van der Waals surface area (Å²) in [4.78, 5) is 10.8. The van der Waals surface area contributed by atoms with Crippen LogP contribution in [0, 0.1) is 5.92 Å². The lowest BCUT2D eigenvalue weighted by molar-refractivity contribution is 0.155. The molecule has 0 aromatic carbocycles. The van der Waals surface area contributed by atoms with E-state index in [9.17, 15) is 4.79 Å². The molecule has 70 valence electrons. The third kappa shape index (κ3) is 2.11. The first kappa shape index (κ1) is 9.32.